The summed E-state index contributed by atoms with van der Waals surface area (Å²) in [4.78, 5) is 0. The van der Waals surface area contributed by atoms with Crippen molar-refractivity contribution in [2.24, 2.45) is 0 Å². The van der Waals surface area contributed by atoms with Crippen LogP contribution in [0.5, 0.6) is 11.5 Å². The second-order valence-electron chi connectivity index (χ2n) is 5.57. The molecule has 0 heterocycles. The van der Waals surface area contributed by atoms with Crippen LogP contribution in [0.25, 0.3) is 0 Å². The van der Waals surface area contributed by atoms with E-state index < -0.39 is 0 Å². The topological polar surface area (TPSA) is 30.5 Å². The Kier molecular flexibility index (Phi) is 5.96. The van der Waals surface area contributed by atoms with Crippen LogP contribution in [-0.4, -0.2) is 7.11 Å². The number of nitrogens with one attached hydrogen (secondary N) is 1. The van der Waals surface area contributed by atoms with Crippen molar-refractivity contribution in [2.45, 2.75) is 13.2 Å². The van der Waals surface area contributed by atoms with Crippen LogP contribution in [0.15, 0.2) is 77.3 Å². The minimum atomic E-state index is 0.472. The normalized spacial score (nSPS) is 10.3. The number of para-hydroxylation sites is 2. The molecule has 0 fully saturated rings. The van der Waals surface area contributed by atoms with Gasteiger partial charge in [0, 0.05) is 27.8 Å². The maximum absolute atomic E-state index is 6.07. The number of anilines is 1. The predicted molar refractivity (Wildman–Crippen MR) is 105 cm³/mol. The standard InChI is InChI=1S/C21H20BrNO2/c1-24-19-11-12-20(22)17(13-19)15-25-21-10-6-5-7-16(21)14-23-18-8-3-2-4-9-18/h2-13,23H,14-15H2,1H3. The number of halogens is 1. The second kappa shape index (κ2) is 8.58. The fourth-order valence-electron chi connectivity index (χ4n) is 2.49. The largest absolute Gasteiger partial charge is 0.497 e. The fourth-order valence-corrected chi connectivity index (χ4v) is 2.85. The summed E-state index contributed by atoms with van der Waals surface area (Å²) in [5.41, 5.74) is 3.25. The van der Waals surface area contributed by atoms with Gasteiger partial charge in [-0.05, 0) is 36.4 Å². The van der Waals surface area contributed by atoms with Gasteiger partial charge < -0.3 is 14.8 Å². The second-order valence-corrected chi connectivity index (χ2v) is 6.43. The Morgan fingerprint density at radius 1 is 0.880 bits per heavy atom. The monoisotopic (exact) mass is 397 g/mol. The maximum Gasteiger partial charge on any atom is 0.124 e. The Bertz CT molecular complexity index is 821. The lowest BCUT2D eigenvalue weighted by Crippen LogP contribution is -2.04. The van der Waals surface area contributed by atoms with Gasteiger partial charge in [0.2, 0.25) is 0 Å². The van der Waals surface area contributed by atoms with Gasteiger partial charge in [-0.25, -0.2) is 0 Å². The summed E-state index contributed by atoms with van der Waals surface area (Å²) in [5.74, 6) is 1.70. The molecule has 3 nitrogen and oxygen atoms in total. The van der Waals surface area contributed by atoms with Gasteiger partial charge in [0.25, 0.3) is 0 Å². The lowest BCUT2D eigenvalue weighted by atomic mass is 10.2. The van der Waals surface area contributed by atoms with Crippen LogP contribution in [0, 0.1) is 0 Å². The van der Waals surface area contributed by atoms with E-state index in [9.17, 15) is 0 Å². The summed E-state index contributed by atoms with van der Waals surface area (Å²) in [5, 5.41) is 3.42. The van der Waals surface area contributed by atoms with Gasteiger partial charge in [-0.3, -0.25) is 0 Å². The van der Waals surface area contributed by atoms with Gasteiger partial charge in [0.05, 0.1) is 7.11 Å². The molecular weight excluding hydrogens is 378 g/mol. The molecule has 0 spiro atoms. The number of benzene rings is 3. The first kappa shape index (κ1) is 17.4. The van der Waals surface area contributed by atoms with Crippen LogP contribution < -0.4 is 14.8 Å². The molecule has 4 heteroatoms. The fraction of sp³-hybridized carbons (Fsp3) is 0.143. The molecule has 0 atom stereocenters. The van der Waals surface area contributed by atoms with Crippen LogP contribution in [0.1, 0.15) is 11.1 Å². The Hall–Kier alpha value is -2.46. The van der Waals surface area contributed by atoms with Crippen molar-refractivity contribution in [3.05, 3.63) is 88.4 Å². The summed E-state index contributed by atoms with van der Waals surface area (Å²) in [6, 6.07) is 24.1. The van der Waals surface area contributed by atoms with Gasteiger partial charge in [-0.2, -0.15) is 0 Å². The maximum atomic E-state index is 6.07. The highest BCUT2D eigenvalue weighted by molar-refractivity contribution is 9.10. The van der Waals surface area contributed by atoms with Crippen molar-refractivity contribution in [3.8, 4) is 11.5 Å². The van der Waals surface area contributed by atoms with Crippen LogP contribution in [0.4, 0.5) is 5.69 Å². The van der Waals surface area contributed by atoms with E-state index in [2.05, 4.69) is 39.4 Å². The van der Waals surface area contributed by atoms with Crippen LogP contribution in [0.3, 0.4) is 0 Å². The van der Waals surface area contributed by atoms with E-state index in [0.717, 1.165) is 32.8 Å². The van der Waals surface area contributed by atoms with E-state index in [1.165, 1.54) is 0 Å². The van der Waals surface area contributed by atoms with E-state index in [0.29, 0.717) is 13.2 Å². The van der Waals surface area contributed by atoms with Gasteiger partial charge in [0.15, 0.2) is 0 Å². The van der Waals surface area contributed by atoms with E-state index in [1.54, 1.807) is 7.11 Å². The van der Waals surface area contributed by atoms with Crippen LogP contribution >= 0.6 is 15.9 Å². The molecule has 3 rings (SSSR count). The van der Waals surface area contributed by atoms with Crippen molar-refractivity contribution >= 4 is 21.6 Å². The average Bonchev–Trinajstić information content (AvgIpc) is 2.67. The molecule has 0 aliphatic rings. The van der Waals surface area contributed by atoms with Crippen LogP contribution in [-0.2, 0) is 13.2 Å². The Morgan fingerprint density at radius 3 is 2.44 bits per heavy atom. The van der Waals surface area contributed by atoms with Gasteiger partial charge in [-0.15, -0.1) is 0 Å². The molecular formula is C21H20BrNO2. The van der Waals surface area contributed by atoms with Crippen molar-refractivity contribution in [2.75, 3.05) is 12.4 Å². The molecule has 1 N–H and O–H groups in total. The number of hydrogen-bond donors (Lipinski definition) is 1. The SMILES string of the molecule is COc1ccc(Br)c(COc2ccccc2CNc2ccccc2)c1. The summed E-state index contributed by atoms with van der Waals surface area (Å²) in [6.07, 6.45) is 0. The number of hydrogen-bond acceptors (Lipinski definition) is 3. The Labute approximate surface area is 156 Å². The van der Waals surface area contributed by atoms with Crippen LogP contribution in [0.2, 0.25) is 0 Å². The number of ether oxygens (including phenoxy) is 2. The first-order valence-corrected chi connectivity index (χ1v) is 8.87. The van der Waals surface area contributed by atoms with E-state index >= 15 is 0 Å². The highest BCUT2D eigenvalue weighted by Crippen LogP contribution is 2.26. The highest BCUT2D eigenvalue weighted by Gasteiger charge is 2.07. The molecule has 0 unspecified atom stereocenters. The van der Waals surface area contributed by atoms with Crippen molar-refractivity contribution in [3.63, 3.8) is 0 Å². The highest BCUT2D eigenvalue weighted by atomic mass is 79.9. The summed E-state index contributed by atoms with van der Waals surface area (Å²) < 4.78 is 12.4. The van der Waals surface area contributed by atoms with E-state index in [4.69, 9.17) is 9.47 Å². The van der Waals surface area contributed by atoms with Gasteiger partial charge in [-0.1, -0.05) is 52.3 Å². The lowest BCUT2D eigenvalue weighted by molar-refractivity contribution is 0.301. The minimum absolute atomic E-state index is 0.472. The summed E-state index contributed by atoms with van der Waals surface area (Å²) >= 11 is 3.57. The van der Waals surface area contributed by atoms with E-state index in [-0.39, 0.29) is 0 Å². The third-order valence-electron chi connectivity index (χ3n) is 3.87. The van der Waals surface area contributed by atoms with Crippen molar-refractivity contribution < 1.29 is 9.47 Å². The molecule has 25 heavy (non-hydrogen) atoms. The molecule has 0 amide bonds. The predicted octanol–water partition coefficient (Wildman–Crippen LogP) is 5.65. The summed E-state index contributed by atoms with van der Waals surface area (Å²) in [6.45, 7) is 1.18. The molecule has 0 radical (unpaired) electrons. The summed E-state index contributed by atoms with van der Waals surface area (Å²) in [7, 11) is 1.67. The zero-order valence-electron chi connectivity index (χ0n) is 14.0. The van der Waals surface area contributed by atoms with Crippen molar-refractivity contribution in [1.82, 2.24) is 0 Å². The molecule has 0 aliphatic carbocycles. The smallest absolute Gasteiger partial charge is 0.124 e. The molecule has 0 aromatic heterocycles. The first-order valence-electron chi connectivity index (χ1n) is 8.08. The molecule has 128 valence electrons. The third-order valence-corrected chi connectivity index (χ3v) is 4.64. The first-order chi connectivity index (χ1) is 12.3. The molecule has 0 aliphatic heterocycles. The quantitative estimate of drug-likeness (QED) is 0.558. The number of methoxy groups -OCH3 is 1. The molecule has 0 bridgehead atoms. The van der Waals surface area contributed by atoms with Gasteiger partial charge >= 0.3 is 0 Å². The number of rotatable bonds is 7. The lowest BCUT2D eigenvalue weighted by Gasteiger charge is -2.14. The molecule has 0 saturated carbocycles. The molecule has 3 aromatic carbocycles. The molecule has 3 aromatic rings. The van der Waals surface area contributed by atoms with E-state index in [1.807, 2.05) is 54.6 Å². The third kappa shape index (κ3) is 4.77. The van der Waals surface area contributed by atoms with Crippen molar-refractivity contribution in [1.29, 1.82) is 0 Å². The van der Waals surface area contributed by atoms with Gasteiger partial charge in [0.1, 0.15) is 18.1 Å². The Balaban J connectivity index is 1.69. The average molecular weight is 398 g/mol. The zero-order valence-corrected chi connectivity index (χ0v) is 15.6. The zero-order chi connectivity index (χ0) is 17.5. The minimum Gasteiger partial charge on any atom is -0.497 e. The Morgan fingerprint density at radius 2 is 1.64 bits per heavy atom. The molecule has 0 saturated heterocycles.